The third-order valence-corrected chi connectivity index (χ3v) is 4.45. The van der Waals surface area contributed by atoms with Crippen molar-refractivity contribution >= 4 is 23.5 Å². The number of carbonyl (C=O) groups excluding carboxylic acids is 2. The molecule has 2 atom stereocenters. The SMILES string of the molecule is O=C(O)CNC(=O)Cc1ccc(NC(=O)C2CC2c2ccc(F)cc2)cc1. The third kappa shape index (κ3) is 5.13. The zero-order chi connectivity index (χ0) is 19.4. The van der Waals surface area contributed by atoms with Crippen molar-refractivity contribution in [1.82, 2.24) is 5.32 Å². The fourth-order valence-corrected chi connectivity index (χ4v) is 2.93. The Balaban J connectivity index is 1.50. The largest absolute Gasteiger partial charge is 0.480 e. The Morgan fingerprint density at radius 2 is 1.70 bits per heavy atom. The van der Waals surface area contributed by atoms with Crippen LogP contribution in [-0.2, 0) is 20.8 Å². The topological polar surface area (TPSA) is 95.5 Å². The van der Waals surface area contributed by atoms with Gasteiger partial charge in [0.2, 0.25) is 11.8 Å². The van der Waals surface area contributed by atoms with Gasteiger partial charge in [0, 0.05) is 11.6 Å². The molecule has 7 heteroatoms. The van der Waals surface area contributed by atoms with Crippen molar-refractivity contribution < 1.29 is 23.9 Å². The molecule has 2 unspecified atom stereocenters. The zero-order valence-corrected chi connectivity index (χ0v) is 14.4. The summed E-state index contributed by atoms with van der Waals surface area (Å²) in [7, 11) is 0. The first kappa shape index (κ1) is 18.6. The quantitative estimate of drug-likeness (QED) is 0.697. The van der Waals surface area contributed by atoms with Crippen molar-refractivity contribution in [3.05, 3.63) is 65.5 Å². The van der Waals surface area contributed by atoms with E-state index in [1.165, 1.54) is 12.1 Å². The van der Waals surface area contributed by atoms with Gasteiger partial charge in [-0.15, -0.1) is 0 Å². The van der Waals surface area contributed by atoms with Crippen LogP contribution in [0.3, 0.4) is 0 Å². The minimum atomic E-state index is -1.10. The average molecular weight is 370 g/mol. The molecule has 1 aliphatic rings. The van der Waals surface area contributed by atoms with Crippen molar-refractivity contribution in [2.24, 2.45) is 5.92 Å². The summed E-state index contributed by atoms with van der Waals surface area (Å²) in [6.45, 7) is -0.413. The van der Waals surface area contributed by atoms with Gasteiger partial charge in [-0.3, -0.25) is 14.4 Å². The molecule has 1 saturated carbocycles. The summed E-state index contributed by atoms with van der Waals surface area (Å²) in [6, 6.07) is 13.0. The number of anilines is 1. The minimum absolute atomic E-state index is 0.0662. The Kier molecular flexibility index (Phi) is 5.49. The Bertz CT molecular complexity index is 849. The molecule has 1 fully saturated rings. The zero-order valence-electron chi connectivity index (χ0n) is 14.4. The van der Waals surface area contributed by atoms with Crippen molar-refractivity contribution in [2.45, 2.75) is 18.8 Å². The van der Waals surface area contributed by atoms with E-state index in [9.17, 15) is 18.8 Å². The smallest absolute Gasteiger partial charge is 0.322 e. The molecule has 0 spiro atoms. The second-order valence-electron chi connectivity index (χ2n) is 6.53. The molecule has 0 radical (unpaired) electrons. The second-order valence-corrected chi connectivity index (χ2v) is 6.53. The number of nitrogens with one attached hydrogen (secondary N) is 2. The van der Waals surface area contributed by atoms with Crippen LogP contribution in [0.2, 0.25) is 0 Å². The van der Waals surface area contributed by atoms with Crippen LogP contribution in [0, 0.1) is 11.7 Å². The Labute approximate surface area is 155 Å². The fourth-order valence-electron chi connectivity index (χ4n) is 2.93. The van der Waals surface area contributed by atoms with Crippen LogP contribution in [0.25, 0.3) is 0 Å². The van der Waals surface area contributed by atoms with Crippen LogP contribution < -0.4 is 10.6 Å². The highest BCUT2D eigenvalue weighted by molar-refractivity contribution is 5.95. The molecule has 2 aromatic rings. The fraction of sp³-hybridized carbons (Fsp3) is 0.250. The predicted molar refractivity (Wildman–Crippen MR) is 96.7 cm³/mol. The van der Waals surface area contributed by atoms with Gasteiger partial charge in [-0.2, -0.15) is 0 Å². The maximum Gasteiger partial charge on any atom is 0.322 e. The van der Waals surface area contributed by atoms with Gasteiger partial charge in [-0.1, -0.05) is 24.3 Å². The van der Waals surface area contributed by atoms with E-state index in [4.69, 9.17) is 5.11 Å². The molecule has 0 aliphatic heterocycles. The van der Waals surface area contributed by atoms with E-state index in [0.717, 1.165) is 12.0 Å². The first-order valence-corrected chi connectivity index (χ1v) is 8.56. The summed E-state index contributed by atoms with van der Waals surface area (Å²) in [5, 5.41) is 13.7. The number of benzene rings is 2. The normalized spacial score (nSPS) is 17.8. The maximum atomic E-state index is 13.0. The van der Waals surface area contributed by atoms with Gasteiger partial charge in [-0.25, -0.2) is 4.39 Å². The van der Waals surface area contributed by atoms with Crippen molar-refractivity contribution in [1.29, 1.82) is 0 Å². The number of aliphatic carboxylic acids is 1. The lowest BCUT2D eigenvalue weighted by Gasteiger charge is -2.07. The summed E-state index contributed by atoms with van der Waals surface area (Å²) in [6.07, 6.45) is 0.802. The van der Waals surface area contributed by atoms with E-state index in [-0.39, 0.29) is 35.9 Å². The van der Waals surface area contributed by atoms with E-state index >= 15 is 0 Å². The maximum absolute atomic E-state index is 13.0. The summed E-state index contributed by atoms with van der Waals surface area (Å²) < 4.78 is 13.0. The van der Waals surface area contributed by atoms with Crippen LogP contribution in [-0.4, -0.2) is 29.4 Å². The second kappa shape index (κ2) is 7.99. The van der Waals surface area contributed by atoms with E-state index in [0.29, 0.717) is 11.3 Å². The van der Waals surface area contributed by atoms with Gasteiger partial charge in [0.15, 0.2) is 0 Å². The number of hydrogen-bond acceptors (Lipinski definition) is 3. The van der Waals surface area contributed by atoms with Crippen LogP contribution >= 0.6 is 0 Å². The minimum Gasteiger partial charge on any atom is -0.480 e. The Hall–Kier alpha value is -3.22. The number of rotatable bonds is 7. The van der Waals surface area contributed by atoms with Crippen LogP contribution in [0.4, 0.5) is 10.1 Å². The number of carboxylic acids is 1. The van der Waals surface area contributed by atoms with E-state index in [1.807, 2.05) is 0 Å². The number of amides is 2. The molecule has 1 aliphatic carbocycles. The van der Waals surface area contributed by atoms with Crippen molar-refractivity contribution in [3.8, 4) is 0 Å². The van der Waals surface area contributed by atoms with Crippen molar-refractivity contribution in [3.63, 3.8) is 0 Å². The first-order chi connectivity index (χ1) is 12.9. The average Bonchev–Trinajstić information content (AvgIpc) is 3.43. The lowest BCUT2D eigenvalue weighted by molar-refractivity contribution is -0.137. The molecule has 6 nitrogen and oxygen atoms in total. The third-order valence-electron chi connectivity index (χ3n) is 4.45. The van der Waals surface area contributed by atoms with Gasteiger partial charge in [-0.05, 0) is 47.7 Å². The van der Waals surface area contributed by atoms with Gasteiger partial charge in [0.1, 0.15) is 12.4 Å². The van der Waals surface area contributed by atoms with Gasteiger partial charge in [0.25, 0.3) is 0 Å². The molecule has 140 valence electrons. The highest BCUT2D eigenvalue weighted by Gasteiger charge is 2.43. The number of carbonyl (C=O) groups is 3. The van der Waals surface area contributed by atoms with Gasteiger partial charge < -0.3 is 15.7 Å². The molecule has 0 aromatic heterocycles. The van der Waals surface area contributed by atoms with Gasteiger partial charge in [0.05, 0.1) is 6.42 Å². The molecular weight excluding hydrogens is 351 g/mol. The summed E-state index contributed by atoms with van der Waals surface area (Å²) >= 11 is 0. The highest BCUT2D eigenvalue weighted by Crippen LogP contribution is 2.47. The number of carboxylic acid groups (broad SMARTS) is 1. The van der Waals surface area contributed by atoms with E-state index in [1.54, 1.807) is 36.4 Å². The molecule has 2 amide bonds. The van der Waals surface area contributed by atoms with Crippen LogP contribution in [0.15, 0.2) is 48.5 Å². The van der Waals surface area contributed by atoms with Crippen LogP contribution in [0.5, 0.6) is 0 Å². The molecule has 2 aromatic carbocycles. The molecule has 3 rings (SSSR count). The standard InChI is InChI=1S/C20H19FN2O4/c21-14-5-3-13(4-6-14)16-10-17(16)20(27)23-15-7-1-12(2-8-15)9-18(24)22-11-19(25)26/h1-8,16-17H,9-11H2,(H,22,24)(H,23,27)(H,25,26). The lowest BCUT2D eigenvalue weighted by atomic mass is 10.1. The molecular formula is C20H19FN2O4. The van der Waals surface area contributed by atoms with Gasteiger partial charge >= 0.3 is 5.97 Å². The molecule has 0 heterocycles. The summed E-state index contributed by atoms with van der Waals surface area (Å²) in [5.41, 5.74) is 2.30. The Morgan fingerprint density at radius 1 is 1.04 bits per heavy atom. The predicted octanol–water partition coefficient (Wildman–Crippen LogP) is 2.31. The summed E-state index contributed by atoms with van der Waals surface area (Å²) in [5.74, 6) is -1.87. The molecule has 0 saturated heterocycles. The highest BCUT2D eigenvalue weighted by atomic mass is 19.1. The van der Waals surface area contributed by atoms with Crippen molar-refractivity contribution in [2.75, 3.05) is 11.9 Å². The van der Waals surface area contributed by atoms with E-state index < -0.39 is 12.5 Å². The number of halogens is 1. The lowest BCUT2D eigenvalue weighted by Crippen LogP contribution is -2.30. The Morgan fingerprint density at radius 3 is 2.33 bits per heavy atom. The van der Waals surface area contributed by atoms with E-state index in [2.05, 4.69) is 10.6 Å². The molecule has 27 heavy (non-hydrogen) atoms. The first-order valence-electron chi connectivity index (χ1n) is 8.56. The molecule has 0 bridgehead atoms. The number of hydrogen-bond donors (Lipinski definition) is 3. The van der Waals surface area contributed by atoms with Crippen LogP contribution in [0.1, 0.15) is 23.5 Å². The monoisotopic (exact) mass is 370 g/mol. The summed E-state index contributed by atoms with van der Waals surface area (Å²) in [4.78, 5) is 34.4. The molecule has 3 N–H and O–H groups in total.